The third-order valence-corrected chi connectivity index (χ3v) is 0.0962. The first-order valence-electron chi connectivity index (χ1n) is 1.30. The van der Waals surface area contributed by atoms with Crippen LogP contribution in [0.15, 0.2) is 0 Å². The zero-order valence-electron chi connectivity index (χ0n) is 4.60. The molecule has 0 bridgehead atoms. The molecule has 5 nitrogen and oxygen atoms in total. The largest absolute Gasteiger partial charge is 1.00 e. The van der Waals surface area contributed by atoms with Crippen molar-refractivity contribution in [3.05, 3.63) is 0 Å². The molecule has 2 N–H and O–H groups in total. The smallest absolute Gasteiger partial charge is 0.542 e. The monoisotopic (exact) mass is 162 g/mol. The van der Waals surface area contributed by atoms with Gasteiger partial charge < -0.3 is 19.0 Å². The van der Waals surface area contributed by atoms with E-state index in [1.54, 1.807) is 0 Å². The van der Waals surface area contributed by atoms with Gasteiger partial charge in [0.1, 0.15) is 5.97 Å². The standard InChI is InChI=1S/C2H2O3.Na.H2O2S/c3-1-2(4)5;;1-3-2/h1H,(H,4,5);;1-2H/q;+1;/p-1. The van der Waals surface area contributed by atoms with Gasteiger partial charge in [0.2, 0.25) is 0 Å². The van der Waals surface area contributed by atoms with Crippen molar-refractivity contribution in [3.8, 4) is 0 Å². The molecule has 0 aromatic heterocycles. The van der Waals surface area contributed by atoms with Gasteiger partial charge in [-0.3, -0.25) is 4.79 Å². The van der Waals surface area contributed by atoms with E-state index in [4.69, 9.17) is 23.8 Å². The normalized spacial score (nSPS) is 5.56. The second-order valence-corrected chi connectivity index (χ2v) is 0.682. The molecule has 0 aliphatic heterocycles. The topological polar surface area (TPSA) is 97.7 Å². The molecule has 0 heterocycles. The van der Waals surface area contributed by atoms with Crippen LogP contribution in [0.5, 0.6) is 0 Å². The van der Waals surface area contributed by atoms with Crippen LogP contribution in [0.1, 0.15) is 0 Å². The summed E-state index contributed by atoms with van der Waals surface area (Å²) < 4.78 is 14.1. The van der Waals surface area contributed by atoms with E-state index in [0.29, 0.717) is 0 Å². The van der Waals surface area contributed by atoms with Gasteiger partial charge in [0.15, 0.2) is 18.6 Å². The summed E-state index contributed by atoms with van der Waals surface area (Å²) in [7, 11) is 0. The molecule has 0 radical (unpaired) electrons. The van der Waals surface area contributed by atoms with E-state index < -0.39 is 5.97 Å². The maximum Gasteiger partial charge on any atom is 1.00 e. The molecule has 0 aliphatic rings. The van der Waals surface area contributed by atoms with Gasteiger partial charge in [0, 0.05) is 0 Å². The third kappa shape index (κ3) is 59.5. The van der Waals surface area contributed by atoms with E-state index in [-0.39, 0.29) is 48.2 Å². The third-order valence-electron chi connectivity index (χ3n) is 0.0962. The van der Waals surface area contributed by atoms with Crippen molar-refractivity contribution < 1.29 is 53.4 Å². The number of aldehydes is 1. The summed E-state index contributed by atoms with van der Waals surface area (Å²) >= 11 is -0.250. The number of aliphatic carboxylic acids is 1. The number of hydrogen-bond donors (Lipinski definition) is 2. The maximum atomic E-state index is 8.89. The van der Waals surface area contributed by atoms with Crippen molar-refractivity contribution in [3.63, 3.8) is 0 Å². The number of rotatable bonds is 1. The van der Waals surface area contributed by atoms with Crippen LogP contribution in [0.2, 0.25) is 0 Å². The van der Waals surface area contributed by atoms with Gasteiger partial charge in [-0.05, 0) is 0 Å². The number of carbonyl (C=O) groups excluding carboxylic acids is 2. The fourth-order valence-electron chi connectivity index (χ4n) is 0. The molecule has 0 aromatic carbocycles. The first-order valence-corrected chi connectivity index (χ1v) is 2.03. The quantitative estimate of drug-likeness (QED) is 0.175. The second kappa shape index (κ2) is 15.8. The summed E-state index contributed by atoms with van der Waals surface area (Å²) in [4.78, 5) is 17.7. The molecule has 0 unspecified atom stereocenters. The maximum absolute atomic E-state index is 8.89. The Kier molecular flexibility index (Phi) is 28.4. The van der Waals surface area contributed by atoms with Crippen molar-refractivity contribution in [2.45, 2.75) is 0 Å². The number of carbonyl (C=O) groups is 2. The Bertz CT molecular complexity index is 75.4. The molecule has 0 fully saturated rings. The summed E-state index contributed by atoms with van der Waals surface area (Å²) in [5, 5.41) is 8.89. The van der Waals surface area contributed by atoms with Crippen molar-refractivity contribution in [2.75, 3.05) is 0 Å². The molecule has 48 valence electrons. The van der Waals surface area contributed by atoms with Crippen LogP contribution >= 0.6 is 12.3 Å². The molecule has 7 heteroatoms. The minimum Gasteiger partial charge on any atom is -0.542 e. The van der Waals surface area contributed by atoms with E-state index in [1.165, 1.54) is 0 Å². The van der Waals surface area contributed by atoms with E-state index >= 15 is 0 Å². The van der Waals surface area contributed by atoms with Crippen molar-refractivity contribution in [2.24, 2.45) is 0 Å². The van der Waals surface area contributed by atoms with Gasteiger partial charge in [-0.25, -0.2) is 0 Å². The summed E-state index contributed by atoms with van der Waals surface area (Å²) in [6, 6.07) is 0. The van der Waals surface area contributed by atoms with Crippen molar-refractivity contribution in [1.82, 2.24) is 0 Å². The minimum absolute atomic E-state index is 0. The van der Waals surface area contributed by atoms with E-state index in [0.717, 1.165) is 0 Å². The van der Waals surface area contributed by atoms with Gasteiger partial charge in [-0.1, -0.05) is 0 Å². The summed E-state index contributed by atoms with van der Waals surface area (Å²) in [5.74, 6) is -1.68. The molecule has 0 aromatic rings. The van der Waals surface area contributed by atoms with Crippen molar-refractivity contribution in [1.29, 1.82) is 0 Å². The van der Waals surface area contributed by atoms with Crippen LogP contribution in [-0.4, -0.2) is 21.4 Å². The van der Waals surface area contributed by atoms with Gasteiger partial charge in [-0.15, -0.1) is 0 Å². The molecular formula is C2H3NaO5S. The first kappa shape index (κ1) is 16.2. The Hall–Kier alpha value is 0.410. The van der Waals surface area contributed by atoms with Crippen LogP contribution in [0.25, 0.3) is 0 Å². The number of carboxylic acids is 1. The fourth-order valence-corrected chi connectivity index (χ4v) is 0. The van der Waals surface area contributed by atoms with Gasteiger partial charge in [-0.2, -0.15) is 0 Å². The van der Waals surface area contributed by atoms with Crippen molar-refractivity contribution >= 4 is 24.6 Å². The Morgan fingerprint density at radius 2 is 1.67 bits per heavy atom. The molecule has 9 heavy (non-hydrogen) atoms. The van der Waals surface area contributed by atoms with Crippen LogP contribution in [0.4, 0.5) is 0 Å². The average Bonchev–Trinajstić information content (AvgIpc) is 1.69. The van der Waals surface area contributed by atoms with Gasteiger partial charge in [0.25, 0.3) is 0 Å². The Morgan fingerprint density at radius 1 is 1.56 bits per heavy atom. The Balaban J connectivity index is -0.0000000800. The average molecular weight is 162 g/mol. The zero-order chi connectivity index (χ0) is 6.99. The Labute approximate surface area is 77.8 Å². The molecular weight excluding hydrogens is 159 g/mol. The first-order chi connectivity index (χ1) is 3.68. The summed E-state index contributed by atoms with van der Waals surface area (Å²) in [5.41, 5.74) is 0. The molecule has 0 rings (SSSR count). The molecule has 0 saturated carbocycles. The SMILES string of the molecule is O=CC(=O)[O-].OSO.[Na+]. The van der Waals surface area contributed by atoms with E-state index in [9.17, 15) is 0 Å². The van der Waals surface area contributed by atoms with Crippen LogP contribution in [-0.2, 0) is 9.59 Å². The molecule has 0 atom stereocenters. The molecule has 0 saturated heterocycles. The zero-order valence-corrected chi connectivity index (χ0v) is 7.42. The van der Waals surface area contributed by atoms with E-state index in [1.807, 2.05) is 0 Å². The molecule has 0 aliphatic carbocycles. The fraction of sp³-hybridized carbons (Fsp3) is 0. The predicted octanol–water partition coefficient (Wildman–Crippen LogP) is -4.40. The Morgan fingerprint density at radius 3 is 1.67 bits per heavy atom. The second-order valence-electron chi connectivity index (χ2n) is 0.519. The number of carboxylic acid groups (broad SMARTS) is 1. The predicted molar refractivity (Wildman–Crippen MR) is 23.9 cm³/mol. The van der Waals surface area contributed by atoms with Crippen LogP contribution in [0.3, 0.4) is 0 Å². The van der Waals surface area contributed by atoms with Crippen LogP contribution < -0.4 is 34.7 Å². The molecule has 0 spiro atoms. The van der Waals surface area contributed by atoms with Crippen LogP contribution in [0, 0.1) is 0 Å². The van der Waals surface area contributed by atoms with Gasteiger partial charge >= 0.3 is 29.6 Å². The van der Waals surface area contributed by atoms with Gasteiger partial charge in [0.05, 0.1) is 0 Å². The minimum atomic E-state index is -1.68. The molecule has 0 amide bonds. The summed E-state index contributed by atoms with van der Waals surface area (Å²) in [6.07, 6.45) is -0.278. The van der Waals surface area contributed by atoms with E-state index in [2.05, 4.69) is 0 Å². The summed E-state index contributed by atoms with van der Waals surface area (Å²) in [6.45, 7) is 0. The number of hydrogen-bond acceptors (Lipinski definition) is 6.